The lowest BCUT2D eigenvalue weighted by molar-refractivity contribution is -0.139. The largest absolute Gasteiger partial charge is 0.340 e. The van der Waals surface area contributed by atoms with Crippen LogP contribution in [0.25, 0.3) is 33.6 Å². The van der Waals surface area contributed by atoms with Crippen LogP contribution in [0.3, 0.4) is 0 Å². The number of H-pyrrole nitrogens is 2. The molecule has 10 nitrogen and oxygen atoms in total. The molecule has 0 aliphatic carbocycles. The number of likely N-dealkylation sites (N-methyl/N-ethyl adjacent to an activating group) is 2. The van der Waals surface area contributed by atoms with E-state index in [1.165, 1.54) is 6.42 Å². The Labute approximate surface area is 362 Å². The third-order valence-electron chi connectivity index (χ3n) is 12.4. The van der Waals surface area contributed by atoms with Crippen molar-refractivity contribution in [2.45, 2.75) is 84.0 Å². The van der Waals surface area contributed by atoms with E-state index < -0.39 is 0 Å². The Morgan fingerprint density at radius 2 is 1.02 bits per heavy atom. The number of benzene rings is 4. The minimum atomic E-state index is -0.350. The van der Waals surface area contributed by atoms with Gasteiger partial charge in [0.2, 0.25) is 11.8 Å². The van der Waals surface area contributed by atoms with E-state index in [1.807, 2.05) is 86.5 Å². The van der Waals surface area contributed by atoms with E-state index in [1.54, 1.807) is 0 Å². The molecule has 10 heteroatoms. The summed E-state index contributed by atoms with van der Waals surface area (Å²) in [6.07, 6.45) is 9.11. The number of hydrogen-bond acceptors (Lipinski definition) is 6. The molecule has 3 heterocycles. The molecule has 2 amide bonds. The number of amides is 2. The second-order valence-corrected chi connectivity index (χ2v) is 16.5. The minimum absolute atomic E-state index is 0.0660. The quantitative estimate of drug-likeness (QED) is 0.0950. The van der Waals surface area contributed by atoms with Crippen molar-refractivity contribution in [2.75, 3.05) is 40.3 Å². The fourth-order valence-electron chi connectivity index (χ4n) is 8.62. The third kappa shape index (κ3) is 9.87. The maximum Gasteiger partial charge on any atom is 0.244 e. The normalized spacial score (nSPS) is 15.3. The molecule has 61 heavy (non-hydrogen) atoms. The smallest absolute Gasteiger partial charge is 0.244 e. The first-order valence-corrected chi connectivity index (χ1v) is 22.1. The molecule has 0 spiro atoms. The molecule has 0 bridgehead atoms. The van der Waals surface area contributed by atoms with Gasteiger partial charge < -0.3 is 19.8 Å². The van der Waals surface area contributed by atoms with Gasteiger partial charge in [0.1, 0.15) is 23.7 Å². The third-order valence-corrected chi connectivity index (χ3v) is 12.4. The topological polar surface area (TPSA) is 104 Å². The molecule has 1 saturated heterocycles. The first-order chi connectivity index (χ1) is 29.7. The fraction of sp³-hybridized carbons (Fsp3) is 0.373. The molecule has 1 aliphatic heterocycles. The highest BCUT2D eigenvalue weighted by Gasteiger charge is 2.34. The summed E-state index contributed by atoms with van der Waals surface area (Å²) in [4.78, 5) is 53.1. The van der Waals surface area contributed by atoms with Crippen molar-refractivity contribution >= 4 is 11.8 Å². The van der Waals surface area contributed by atoms with Crippen LogP contribution in [0.2, 0.25) is 0 Å². The van der Waals surface area contributed by atoms with Crippen molar-refractivity contribution in [1.29, 1.82) is 0 Å². The van der Waals surface area contributed by atoms with Gasteiger partial charge in [-0.15, -0.1) is 0 Å². The van der Waals surface area contributed by atoms with Crippen molar-refractivity contribution in [2.24, 2.45) is 0 Å². The van der Waals surface area contributed by atoms with E-state index in [0.717, 1.165) is 108 Å². The van der Waals surface area contributed by atoms with E-state index in [4.69, 9.17) is 9.97 Å². The molecule has 0 saturated carbocycles. The summed E-state index contributed by atoms with van der Waals surface area (Å²) in [6, 6.07) is 36.1. The SMILES string of the molecule is CCCN(CCC)[C@@H](C(=O)N(C)[C@@H](C)c1ncc(-c2ccc(-c3ccc(-c4cnc([C@H](C)N(C)C(=O)[C@@H](c5ccccc5)N5CCCCC5)[nH]4)cc3)cc2)[nH]1)c1ccccc1. The van der Waals surface area contributed by atoms with Crippen LogP contribution < -0.4 is 0 Å². The molecule has 6 aromatic rings. The molecule has 1 aliphatic rings. The van der Waals surface area contributed by atoms with Crippen LogP contribution in [0.15, 0.2) is 122 Å². The van der Waals surface area contributed by atoms with Crippen molar-refractivity contribution in [3.05, 3.63) is 144 Å². The summed E-state index contributed by atoms with van der Waals surface area (Å²) < 4.78 is 0. The molecule has 0 unspecified atom stereocenters. The Bertz CT molecular complexity index is 2290. The summed E-state index contributed by atoms with van der Waals surface area (Å²) in [5.74, 6) is 1.66. The molecule has 2 aromatic heterocycles. The van der Waals surface area contributed by atoms with E-state index >= 15 is 0 Å². The number of imidazole rings is 2. The van der Waals surface area contributed by atoms with E-state index in [0.29, 0.717) is 0 Å². The van der Waals surface area contributed by atoms with Gasteiger partial charge in [-0.1, -0.05) is 129 Å². The maximum atomic E-state index is 14.2. The summed E-state index contributed by atoms with van der Waals surface area (Å²) in [5.41, 5.74) is 8.12. The van der Waals surface area contributed by atoms with Gasteiger partial charge in [-0.05, 0) is 99.1 Å². The number of carbonyl (C=O) groups is 2. The van der Waals surface area contributed by atoms with Crippen LogP contribution in [0.1, 0.15) is 107 Å². The van der Waals surface area contributed by atoms with Crippen molar-refractivity contribution in [1.82, 2.24) is 39.5 Å². The summed E-state index contributed by atoms with van der Waals surface area (Å²) in [5, 5.41) is 0. The zero-order chi connectivity index (χ0) is 42.9. The van der Waals surface area contributed by atoms with Gasteiger partial charge >= 0.3 is 0 Å². The lowest BCUT2D eigenvalue weighted by atomic mass is 10.00. The summed E-state index contributed by atoms with van der Waals surface area (Å²) in [6.45, 7) is 12.0. The second kappa shape index (κ2) is 20.1. The Morgan fingerprint density at radius 3 is 1.48 bits per heavy atom. The van der Waals surface area contributed by atoms with Crippen LogP contribution in [0, 0.1) is 0 Å². The molecule has 0 radical (unpaired) electrons. The zero-order valence-corrected chi connectivity index (χ0v) is 36.7. The molecular formula is C51H62N8O2. The van der Waals surface area contributed by atoms with Gasteiger partial charge in [-0.2, -0.15) is 0 Å². The number of hydrogen-bond donors (Lipinski definition) is 2. The summed E-state index contributed by atoms with van der Waals surface area (Å²) >= 11 is 0. The van der Waals surface area contributed by atoms with Crippen molar-refractivity contribution in [3.63, 3.8) is 0 Å². The van der Waals surface area contributed by atoms with Crippen LogP contribution in [-0.4, -0.2) is 91.6 Å². The number of likely N-dealkylation sites (tertiary alicyclic amines) is 1. The maximum absolute atomic E-state index is 14.2. The number of carbonyl (C=O) groups excluding carboxylic acids is 2. The van der Waals surface area contributed by atoms with Crippen LogP contribution in [0.5, 0.6) is 0 Å². The lowest BCUT2D eigenvalue weighted by Gasteiger charge is -2.37. The Balaban J connectivity index is 0.997. The first-order valence-electron chi connectivity index (χ1n) is 22.1. The second-order valence-electron chi connectivity index (χ2n) is 16.5. The molecule has 318 valence electrons. The van der Waals surface area contributed by atoms with E-state index in [2.05, 4.69) is 106 Å². The highest BCUT2D eigenvalue weighted by atomic mass is 16.2. The number of rotatable bonds is 17. The predicted molar refractivity (Wildman–Crippen MR) is 245 cm³/mol. The Kier molecular flexibility index (Phi) is 14.3. The van der Waals surface area contributed by atoms with Gasteiger partial charge in [-0.25, -0.2) is 9.97 Å². The number of nitrogens with zero attached hydrogens (tertiary/aromatic N) is 6. The number of piperidine rings is 1. The van der Waals surface area contributed by atoms with Crippen molar-refractivity contribution < 1.29 is 9.59 Å². The molecule has 4 atom stereocenters. The number of aromatic amines is 2. The van der Waals surface area contributed by atoms with Gasteiger partial charge in [0, 0.05) is 14.1 Å². The van der Waals surface area contributed by atoms with Gasteiger partial charge in [0.25, 0.3) is 0 Å². The van der Waals surface area contributed by atoms with Crippen LogP contribution in [0.4, 0.5) is 0 Å². The molecular weight excluding hydrogens is 757 g/mol. The lowest BCUT2D eigenvalue weighted by Crippen LogP contribution is -2.44. The highest BCUT2D eigenvalue weighted by molar-refractivity contribution is 5.84. The molecule has 1 fully saturated rings. The number of nitrogens with one attached hydrogen (secondary N) is 2. The highest BCUT2D eigenvalue weighted by Crippen LogP contribution is 2.32. The predicted octanol–water partition coefficient (Wildman–Crippen LogP) is 10.3. The Hall–Kier alpha value is -5.84. The number of aromatic nitrogens is 4. The first kappa shape index (κ1) is 43.3. The van der Waals surface area contributed by atoms with E-state index in [9.17, 15) is 9.59 Å². The van der Waals surface area contributed by atoms with Gasteiger partial charge in [-0.3, -0.25) is 19.4 Å². The fourth-order valence-corrected chi connectivity index (χ4v) is 8.62. The minimum Gasteiger partial charge on any atom is -0.340 e. The van der Waals surface area contributed by atoms with Gasteiger partial charge in [0.05, 0.1) is 35.9 Å². The standard InChI is InChI=1S/C51H62N8O2/c1-7-30-58(31-8-2)46(42-18-12-9-13-19-42)50(60)56(5)36(3)48-52-34-44(54-48)40-26-22-38(23-27-40)39-24-28-41(29-25-39)45-35-53-49(55-45)37(4)57(6)51(61)47(43-20-14-10-15-21-43)59-32-16-11-17-33-59/h9-10,12-15,18-29,34-37,46-47H,7-8,11,16-17,30-33H2,1-6H3,(H,52,54)(H,53,55)/t36-,37-,46+,47+/m0/s1. The van der Waals surface area contributed by atoms with E-state index in [-0.39, 0.29) is 36.0 Å². The molecule has 7 rings (SSSR count). The van der Waals surface area contributed by atoms with Crippen LogP contribution in [-0.2, 0) is 9.59 Å². The monoisotopic (exact) mass is 818 g/mol. The molecule has 4 aromatic carbocycles. The average Bonchev–Trinajstić information content (AvgIpc) is 4.01. The summed E-state index contributed by atoms with van der Waals surface area (Å²) in [7, 11) is 3.77. The molecule has 2 N–H and O–H groups in total. The van der Waals surface area contributed by atoms with Crippen molar-refractivity contribution in [3.8, 4) is 33.6 Å². The average molecular weight is 819 g/mol. The van der Waals surface area contributed by atoms with Gasteiger partial charge in [0.15, 0.2) is 0 Å². The zero-order valence-electron chi connectivity index (χ0n) is 36.7. The Morgan fingerprint density at radius 1 is 0.590 bits per heavy atom. The van der Waals surface area contributed by atoms with Crippen LogP contribution >= 0.6 is 0 Å².